The number of methoxy groups -OCH3 is 1. The molecule has 1 aromatic rings. The molecule has 0 unspecified atom stereocenters. The number of aromatic nitrogens is 2. The molecule has 22 heavy (non-hydrogen) atoms. The van der Waals surface area contributed by atoms with Crippen LogP contribution in [0.2, 0.25) is 0 Å². The second-order valence-corrected chi connectivity index (χ2v) is 5.59. The number of nitrogens with zero attached hydrogens (tertiary/aromatic N) is 4. The lowest BCUT2D eigenvalue weighted by Gasteiger charge is -2.30. The summed E-state index contributed by atoms with van der Waals surface area (Å²) in [6.07, 6.45) is 4.20. The first-order valence-corrected chi connectivity index (χ1v) is 7.60. The summed E-state index contributed by atoms with van der Waals surface area (Å²) in [5, 5.41) is 14.5. The van der Waals surface area contributed by atoms with Crippen LogP contribution in [0.15, 0.2) is 6.33 Å². The van der Waals surface area contributed by atoms with Crippen LogP contribution >= 0.6 is 0 Å². The molecule has 1 aliphatic rings. The molecule has 0 spiro atoms. The van der Waals surface area contributed by atoms with Gasteiger partial charge in [-0.3, -0.25) is 10.1 Å². The third kappa shape index (κ3) is 4.03. The van der Waals surface area contributed by atoms with Crippen LogP contribution in [0.5, 0.6) is 0 Å². The Kier molecular flexibility index (Phi) is 5.88. The number of hydrogen-bond donors (Lipinski definition) is 1. The second kappa shape index (κ2) is 7.88. The van der Waals surface area contributed by atoms with E-state index in [1.165, 1.54) is 6.33 Å². The van der Waals surface area contributed by atoms with Crippen molar-refractivity contribution < 1.29 is 9.66 Å². The number of ether oxygens (including phenoxy) is 1. The molecule has 0 bridgehead atoms. The van der Waals surface area contributed by atoms with Gasteiger partial charge in [-0.2, -0.15) is 0 Å². The van der Waals surface area contributed by atoms with Crippen molar-refractivity contribution in [1.29, 1.82) is 0 Å². The Labute approximate surface area is 130 Å². The number of rotatable bonds is 7. The van der Waals surface area contributed by atoms with E-state index in [0.29, 0.717) is 24.9 Å². The lowest BCUT2D eigenvalue weighted by molar-refractivity contribution is -0.383. The van der Waals surface area contributed by atoms with Gasteiger partial charge in [-0.05, 0) is 25.2 Å². The third-order valence-electron chi connectivity index (χ3n) is 3.89. The first kappa shape index (κ1) is 16.4. The van der Waals surface area contributed by atoms with Gasteiger partial charge in [0.1, 0.15) is 6.33 Å². The van der Waals surface area contributed by atoms with Gasteiger partial charge >= 0.3 is 5.69 Å². The van der Waals surface area contributed by atoms with Crippen LogP contribution in [0, 0.1) is 16.0 Å². The monoisotopic (exact) mass is 309 g/mol. The molecule has 1 fully saturated rings. The highest BCUT2D eigenvalue weighted by Crippen LogP contribution is 2.33. The summed E-state index contributed by atoms with van der Waals surface area (Å²) in [5.74, 6) is 1.36. The van der Waals surface area contributed by atoms with Crippen LogP contribution in [0.1, 0.15) is 26.2 Å². The fourth-order valence-corrected chi connectivity index (χ4v) is 2.54. The highest BCUT2D eigenvalue weighted by molar-refractivity contribution is 5.70. The minimum atomic E-state index is -0.397. The molecule has 0 saturated carbocycles. The Morgan fingerprint density at radius 3 is 2.82 bits per heavy atom. The van der Waals surface area contributed by atoms with Crippen molar-refractivity contribution in [2.75, 3.05) is 43.6 Å². The molecule has 0 radical (unpaired) electrons. The van der Waals surface area contributed by atoms with Gasteiger partial charge in [0.25, 0.3) is 0 Å². The average molecular weight is 309 g/mol. The van der Waals surface area contributed by atoms with E-state index in [0.717, 1.165) is 32.4 Å². The molecule has 1 aromatic heterocycles. The quantitative estimate of drug-likeness (QED) is 0.468. The predicted octanol–water partition coefficient (Wildman–Crippen LogP) is 2.07. The normalized spacial score (nSPS) is 15.8. The minimum absolute atomic E-state index is 0.0329. The van der Waals surface area contributed by atoms with Crippen molar-refractivity contribution in [1.82, 2.24) is 9.97 Å². The Morgan fingerprint density at radius 1 is 1.45 bits per heavy atom. The zero-order valence-electron chi connectivity index (χ0n) is 13.1. The molecule has 8 heteroatoms. The predicted molar refractivity (Wildman–Crippen MR) is 84.3 cm³/mol. The average Bonchev–Trinajstić information content (AvgIpc) is 2.52. The Balaban J connectivity index is 2.17. The zero-order valence-corrected chi connectivity index (χ0v) is 13.1. The molecule has 0 aliphatic carbocycles. The first-order valence-electron chi connectivity index (χ1n) is 7.60. The minimum Gasteiger partial charge on any atom is -0.385 e. The topological polar surface area (TPSA) is 93.4 Å². The van der Waals surface area contributed by atoms with Crippen molar-refractivity contribution in [2.24, 2.45) is 5.92 Å². The maximum Gasteiger partial charge on any atom is 0.353 e. The van der Waals surface area contributed by atoms with E-state index in [-0.39, 0.29) is 11.5 Å². The van der Waals surface area contributed by atoms with Crippen molar-refractivity contribution in [3.8, 4) is 0 Å². The Morgan fingerprint density at radius 2 is 2.18 bits per heavy atom. The number of hydrogen-bond acceptors (Lipinski definition) is 7. The summed E-state index contributed by atoms with van der Waals surface area (Å²) in [4.78, 5) is 21.3. The zero-order chi connectivity index (χ0) is 15.9. The molecule has 2 rings (SSSR count). The molecular weight excluding hydrogens is 286 g/mol. The Bertz CT molecular complexity index is 503. The molecule has 2 heterocycles. The van der Waals surface area contributed by atoms with Gasteiger partial charge in [-0.25, -0.2) is 9.97 Å². The van der Waals surface area contributed by atoms with Crippen molar-refractivity contribution in [3.63, 3.8) is 0 Å². The van der Waals surface area contributed by atoms with Gasteiger partial charge in [0.2, 0.25) is 11.6 Å². The molecule has 0 amide bonds. The van der Waals surface area contributed by atoms with Gasteiger partial charge in [0, 0.05) is 33.4 Å². The highest BCUT2D eigenvalue weighted by atomic mass is 16.6. The number of anilines is 2. The molecular formula is C14H23N5O3. The van der Waals surface area contributed by atoms with E-state index in [1.807, 2.05) is 4.90 Å². The molecule has 1 aliphatic heterocycles. The van der Waals surface area contributed by atoms with Crippen LogP contribution in [-0.2, 0) is 4.74 Å². The van der Waals surface area contributed by atoms with Gasteiger partial charge < -0.3 is 15.0 Å². The van der Waals surface area contributed by atoms with Crippen LogP contribution < -0.4 is 10.2 Å². The number of piperidine rings is 1. The van der Waals surface area contributed by atoms with Crippen molar-refractivity contribution >= 4 is 17.3 Å². The van der Waals surface area contributed by atoms with Gasteiger partial charge in [-0.15, -0.1) is 0 Å². The largest absolute Gasteiger partial charge is 0.385 e. The fraction of sp³-hybridized carbons (Fsp3) is 0.714. The smallest absolute Gasteiger partial charge is 0.353 e. The lowest BCUT2D eigenvalue weighted by atomic mass is 9.99. The van der Waals surface area contributed by atoms with E-state index >= 15 is 0 Å². The summed E-state index contributed by atoms with van der Waals surface area (Å²) >= 11 is 0. The van der Waals surface area contributed by atoms with Gasteiger partial charge in [0.15, 0.2) is 0 Å². The summed E-state index contributed by atoms with van der Waals surface area (Å²) in [6.45, 7) is 4.96. The van der Waals surface area contributed by atoms with E-state index < -0.39 is 4.92 Å². The lowest BCUT2D eigenvalue weighted by Crippen LogP contribution is -2.34. The van der Waals surface area contributed by atoms with Crippen LogP contribution in [0.4, 0.5) is 17.3 Å². The molecule has 1 N–H and O–H groups in total. The van der Waals surface area contributed by atoms with Crippen LogP contribution in [-0.4, -0.2) is 48.2 Å². The molecule has 1 saturated heterocycles. The fourth-order valence-electron chi connectivity index (χ4n) is 2.54. The van der Waals surface area contributed by atoms with E-state index in [1.54, 1.807) is 7.11 Å². The van der Waals surface area contributed by atoms with E-state index in [9.17, 15) is 10.1 Å². The van der Waals surface area contributed by atoms with Crippen molar-refractivity contribution in [3.05, 3.63) is 16.4 Å². The number of nitro groups is 1. The molecule has 0 atom stereocenters. The highest BCUT2D eigenvalue weighted by Gasteiger charge is 2.28. The molecule has 0 aromatic carbocycles. The van der Waals surface area contributed by atoms with E-state index in [4.69, 9.17) is 4.74 Å². The Hall–Kier alpha value is -1.96. The summed E-state index contributed by atoms with van der Waals surface area (Å²) in [5.41, 5.74) is -0.0329. The first-order chi connectivity index (χ1) is 10.6. The summed E-state index contributed by atoms with van der Waals surface area (Å²) < 4.78 is 4.97. The standard InChI is InChI=1S/C14H23N5O3/c1-11-4-7-18(8-5-11)14-12(19(20)21)13(16-10-17-14)15-6-3-9-22-2/h10-11H,3-9H2,1-2H3,(H,15,16,17). The van der Waals surface area contributed by atoms with Crippen LogP contribution in [0.3, 0.4) is 0 Å². The van der Waals surface area contributed by atoms with Gasteiger partial charge in [-0.1, -0.05) is 6.92 Å². The SMILES string of the molecule is COCCCNc1ncnc(N2CCC(C)CC2)c1[N+](=O)[O-]. The maximum absolute atomic E-state index is 11.5. The maximum atomic E-state index is 11.5. The number of nitrogens with one attached hydrogen (secondary N) is 1. The summed E-state index contributed by atoms with van der Waals surface area (Å²) in [6, 6.07) is 0. The van der Waals surface area contributed by atoms with Crippen LogP contribution in [0.25, 0.3) is 0 Å². The van der Waals surface area contributed by atoms with Gasteiger partial charge in [0.05, 0.1) is 4.92 Å². The van der Waals surface area contributed by atoms with Crippen molar-refractivity contribution in [2.45, 2.75) is 26.2 Å². The van der Waals surface area contributed by atoms with E-state index in [2.05, 4.69) is 22.2 Å². The molecule has 122 valence electrons. The summed E-state index contributed by atoms with van der Waals surface area (Å²) in [7, 11) is 1.63. The third-order valence-corrected chi connectivity index (χ3v) is 3.89. The molecule has 8 nitrogen and oxygen atoms in total. The second-order valence-electron chi connectivity index (χ2n) is 5.59.